The van der Waals surface area contributed by atoms with Crippen LogP contribution in [0.25, 0.3) is 0 Å². The van der Waals surface area contributed by atoms with Gasteiger partial charge in [-0.25, -0.2) is 4.39 Å². The van der Waals surface area contributed by atoms with E-state index in [0.717, 1.165) is 25.6 Å². The predicted molar refractivity (Wildman–Crippen MR) is 48.7 cm³/mol. The molecule has 1 rings (SSSR count). The maximum atomic E-state index is 12.6. The summed E-state index contributed by atoms with van der Waals surface area (Å²) in [6, 6.07) is 0. The summed E-state index contributed by atoms with van der Waals surface area (Å²) in [5.74, 6) is 0. The second kappa shape index (κ2) is 6.00. The molecule has 1 aliphatic rings. The van der Waals surface area contributed by atoms with E-state index in [9.17, 15) is 4.39 Å². The van der Waals surface area contributed by atoms with Gasteiger partial charge in [-0.2, -0.15) is 0 Å². The van der Waals surface area contributed by atoms with E-state index in [1.54, 1.807) is 6.08 Å². The Balaban J connectivity index is 0.000000561. The van der Waals surface area contributed by atoms with Crippen LogP contribution >= 0.6 is 0 Å². The highest BCUT2D eigenvalue weighted by Crippen LogP contribution is 2.19. The molecule has 0 aromatic rings. The molecule has 0 amide bonds. The molecule has 12 heavy (non-hydrogen) atoms. The lowest BCUT2D eigenvalue weighted by Gasteiger charge is -2.14. The van der Waals surface area contributed by atoms with E-state index in [4.69, 9.17) is 5.11 Å². The molecule has 0 aromatic carbocycles. The van der Waals surface area contributed by atoms with Crippen molar-refractivity contribution in [3.63, 3.8) is 0 Å². The lowest BCUT2D eigenvalue weighted by Crippen LogP contribution is -2.16. The number of hydrogen-bond donors (Lipinski definition) is 1. The monoisotopic (exact) mass is 175 g/mol. The van der Waals surface area contributed by atoms with Crippen LogP contribution < -0.4 is 0 Å². The molecule has 1 atom stereocenters. The van der Waals surface area contributed by atoms with Gasteiger partial charge in [0.2, 0.25) is 0 Å². The number of aliphatic hydroxyl groups excluding tert-OH is 1. The van der Waals surface area contributed by atoms with Crippen LogP contribution in [0, 0.1) is 0 Å². The number of rotatable bonds is 2. The van der Waals surface area contributed by atoms with E-state index in [1.165, 1.54) is 0 Å². The summed E-state index contributed by atoms with van der Waals surface area (Å²) in [4.78, 5) is 1.99. The Bertz CT molecular complexity index is 147. The van der Waals surface area contributed by atoms with Crippen molar-refractivity contribution in [3.8, 4) is 0 Å². The van der Waals surface area contributed by atoms with Crippen molar-refractivity contribution >= 4 is 0 Å². The van der Waals surface area contributed by atoms with Crippen molar-refractivity contribution in [2.45, 2.75) is 25.9 Å². The predicted octanol–water partition coefficient (Wildman–Crippen LogP) is 1.56. The molecule has 0 saturated heterocycles. The highest BCUT2D eigenvalue weighted by atomic mass is 19.1. The normalized spacial score (nSPS) is 21.6. The van der Waals surface area contributed by atoms with Crippen molar-refractivity contribution in [1.82, 2.24) is 4.90 Å². The zero-order valence-electron chi connectivity index (χ0n) is 8.05. The first-order valence-corrected chi connectivity index (χ1v) is 4.24. The largest absolute Gasteiger partial charge is 0.400 e. The van der Waals surface area contributed by atoms with Crippen LogP contribution in [-0.4, -0.2) is 36.9 Å². The minimum atomic E-state index is -0.730. The van der Waals surface area contributed by atoms with E-state index < -0.39 is 6.17 Å². The number of nitrogens with zero attached hydrogens (tertiary/aromatic N) is 1. The van der Waals surface area contributed by atoms with Gasteiger partial charge in [0, 0.05) is 19.9 Å². The molecule has 0 saturated carbocycles. The Morgan fingerprint density at radius 3 is 2.58 bits per heavy atom. The molecule has 0 spiro atoms. The first kappa shape index (κ1) is 11.4. The van der Waals surface area contributed by atoms with Gasteiger partial charge in [0.15, 0.2) is 0 Å². The van der Waals surface area contributed by atoms with E-state index in [1.807, 2.05) is 11.9 Å². The molecule has 0 unspecified atom stereocenters. The molecule has 1 aliphatic heterocycles. The highest BCUT2D eigenvalue weighted by Gasteiger charge is 2.17. The van der Waals surface area contributed by atoms with Gasteiger partial charge in [-0.15, -0.1) is 0 Å². The maximum Gasteiger partial charge on any atom is 0.138 e. The fourth-order valence-electron chi connectivity index (χ4n) is 1.30. The van der Waals surface area contributed by atoms with Gasteiger partial charge in [-0.1, -0.05) is 13.3 Å². The Morgan fingerprint density at radius 1 is 1.67 bits per heavy atom. The molecule has 1 heterocycles. The molecule has 0 bridgehead atoms. The third-order valence-corrected chi connectivity index (χ3v) is 1.82. The van der Waals surface area contributed by atoms with Crippen molar-refractivity contribution in [1.29, 1.82) is 0 Å². The van der Waals surface area contributed by atoms with Crippen LogP contribution in [0.2, 0.25) is 0 Å². The van der Waals surface area contributed by atoms with Gasteiger partial charge in [0.1, 0.15) is 6.17 Å². The smallest absolute Gasteiger partial charge is 0.138 e. The van der Waals surface area contributed by atoms with E-state index in [-0.39, 0.29) is 0 Å². The van der Waals surface area contributed by atoms with Gasteiger partial charge in [-0.3, -0.25) is 0 Å². The summed E-state index contributed by atoms with van der Waals surface area (Å²) >= 11 is 0. The quantitative estimate of drug-likeness (QED) is 0.688. The molecule has 1 N–H and O–H groups in total. The Hall–Kier alpha value is -0.570. The van der Waals surface area contributed by atoms with Gasteiger partial charge in [-0.05, 0) is 12.5 Å². The molecule has 0 radical (unpaired) electrons. The molecule has 0 fully saturated rings. The number of allylic oxidation sites excluding steroid dienone is 1. The zero-order chi connectivity index (χ0) is 9.56. The fourth-order valence-corrected chi connectivity index (χ4v) is 1.30. The van der Waals surface area contributed by atoms with Gasteiger partial charge in [0.05, 0.1) is 6.54 Å². The standard InChI is InChI=1S/C8H14FN.CH4O/c1-3-4-8-5-7(9)6-10(8)2;1-2/h5,7H,3-4,6H2,1-2H3;2H,1H3/t7-;/m1./s1. The topological polar surface area (TPSA) is 23.5 Å². The summed E-state index contributed by atoms with van der Waals surface area (Å²) < 4.78 is 12.6. The van der Waals surface area contributed by atoms with Crippen LogP contribution in [0.5, 0.6) is 0 Å². The van der Waals surface area contributed by atoms with Crippen molar-refractivity contribution in [2.75, 3.05) is 20.7 Å². The average molecular weight is 175 g/mol. The summed E-state index contributed by atoms with van der Waals surface area (Å²) in [5, 5.41) is 7.00. The second-order valence-corrected chi connectivity index (χ2v) is 2.80. The molecule has 0 aliphatic carbocycles. The van der Waals surface area contributed by atoms with Gasteiger partial charge >= 0.3 is 0 Å². The van der Waals surface area contributed by atoms with E-state index in [2.05, 4.69) is 6.92 Å². The number of aliphatic hydroxyl groups is 1. The number of hydrogen-bond acceptors (Lipinski definition) is 2. The molecule has 3 heteroatoms. The number of alkyl halides is 1. The lowest BCUT2D eigenvalue weighted by molar-refractivity contribution is 0.328. The average Bonchev–Trinajstić information content (AvgIpc) is 2.35. The Kier molecular flexibility index (Phi) is 5.72. The lowest BCUT2D eigenvalue weighted by atomic mass is 10.2. The molecule has 72 valence electrons. The first-order chi connectivity index (χ1) is 5.74. The van der Waals surface area contributed by atoms with Gasteiger partial charge < -0.3 is 10.0 Å². The van der Waals surface area contributed by atoms with Crippen LogP contribution in [0.3, 0.4) is 0 Å². The number of halogens is 1. The van der Waals surface area contributed by atoms with Crippen LogP contribution in [0.15, 0.2) is 11.8 Å². The first-order valence-electron chi connectivity index (χ1n) is 4.24. The third kappa shape index (κ3) is 3.22. The molecular formula is C9H18FNO. The third-order valence-electron chi connectivity index (χ3n) is 1.82. The molecule has 0 aromatic heterocycles. The summed E-state index contributed by atoms with van der Waals surface area (Å²) in [6.45, 7) is 2.66. The highest BCUT2D eigenvalue weighted by molar-refractivity contribution is 5.10. The Morgan fingerprint density at radius 2 is 2.25 bits per heavy atom. The molecular weight excluding hydrogens is 157 g/mol. The van der Waals surface area contributed by atoms with Crippen LogP contribution in [0.1, 0.15) is 19.8 Å². The maximum absolute atomic E-state index is 12.6. The van der Waals surface area contributed by atoms with Crippen molar-refractivity contribution < 1.29 is 9.50 Å². The van der Waals surface area contributed by atoms with Crippen molar-refractivity contribution in [2.24, 2.45) is 0 Å². The minimum Gasteiger partial charge on any atom is -0.400 e. The van der Waals surface area contributed by atoms with E-state index in [0.29, 0.717) is 6.54 Å². The SMILES string of the molecule is CCCC1=C[C@@H](F)CN1C.CO. The molecule has 2 nitrogen and oxygen atoms in total. The summed E-state index contributed by atoms with van der Waals surface area (Å²) in [5.41, 5.74) is 1.16. The van der Waals surface area contributed by atoms with Crippen LogP contribution in [-0.2, 0) is 0 Å². The second-order valence-electron chi connectivity index (χ2n) is 2.80. The minimum absolute atomic E-state index is 0.551. The fraction of sp³-hybridized carbons (Fsp3) is 0.778. The Labute approximate surface area is 73.7 Å². The van der Waals surface area contributed by atoms with Gasteiger partial charge in [0.25, 0.3) is 0 Å². The summed E-state index contributed by atoms with van der Waals surface area (Å²) in [6.07, 6.45) is 3.11. The van der Waals surface area contributed by atoms with Crippen LogP contribution in [0.4, 0.5) is 4.39 Å². The van der Waals surface area contributed by atoms with Crippen molar-refractivity contribution in [3.05, 3.63) is 11.8 Å². The summed E-state index contributed by atoms with van der Waals surface area (Å²) in [7, 11) is 2.95. The van der Waals surface area contributed by atoms with E-state index >= 15 is 0 Å². The zero-order valence-corrected chi connectivity index (χ0v) is 8.05.